The van der Waals surface area contributed by atoms with Crippen LogP contribution >= 0.6 is 0 Å². The molecule has 0 radical (unpaired) electrons. The van der Waals surface area contributed by atoms with Gasteiger partial charge in [0, 0.05) is 6.42 Å². The van der Waals surface area contributed by atoms with Gasteiger partial charge in [0.1, 0.15) is 73.2 Å². The minimum Gasteiger partial charge on any atom is -0.394 e. The average molecular weight is 1370 g/mol. The highest BCUT2D eigenvalue weighted by molar-refractivity contribution is 5.76. The average Bonchev–Trinajstić information content (AvgIpc) is 0.790. The predicted octanol–water partition coefficient (Wildman–Crippen LogP) is 11.4. The Morgan fingerprint density at radius 1 is 0.381 bits per heavy atom. The molecule has 3 aliphatic heterocycles. The number of unbranched alkanes of at least 4 members (excludes halogenated alkanes) is 25. The first kappa shape index (κ1) is 87.7. The maximum absolute atomic E-state index is 13.4. The van der Waals surface area contributed by atoms with Gasteiger partial charge in [-0.2, -0.15) is 0 Å². The summed E-state index contributed by atoms with van der Waals surface area (Å²) in [6, 6.07) is -1.01. The van der Waals surface area contributed by atoms with Crippen LogP contribution in [0.25, 0.3) is 0 Å². The second-order valence-corrected chi connectivity index (χ2v) is 26.4. The van der Waals surface area contributed by atoms with Crippen molar-refractivity contribution < 1.29 is 89.4 Å². The first-order valence-corrected chi connectivity index (χ1v) is 37.6. The number of aliphatic hydroxyl groups excluding tert-OH is 11. The Hall–Kier alpha value is -3.55. The van der Waals surface area contributed by atoms with E-state index in [9.17, 15) is 61.0 Å². The highest BCUT2D eigenvalue weighted by Gasteiger charge is 2.53. The molecule has 17 unspecified atom stereocenters. The summed E-state index contributed by atoms with van der Waals surface area (Å²) in [7, 11) is 0. The molecule has 17 atom stereocenters. The lowest BCUT2D eigenvalue weighted by Crippen LogP contribution is -2.66. The molecular formula is C78H133NO18. The van der Waals surface area contributed by atoms with E-state index in [1.165, 1.54) is 128 Å². The van der Waals surface area contributed by atoms with Crippen LogP contribution in [0.5, 0.6) is 0 Å². The molecule has 558 valence electrons. The Bertz CT molecular complexity index is 2180. The molecule has 3 aliphatic rings. The van der Waals surface area contributed by atoms with Gasteiger partial charge in [0.25, 0.3) is 0 Å². The van der Waals surface area contributed by atoms with E-state index in [1.54, 1.807) is 6.08 Å². The van der Waals surface area contributed by atoms with E-state index in [0.717, 1.165) is 89.9 Å². The van der Waals surface area contributed by atoms with E-state index in [2.05, 4.69) is 116 Å². The van der Waals surface area contributed by atoms with Crippen molar-refractivity contribution in [2.45, 2.75) is 349 Å². The van der Waals surface area contributed by atoms with Crippen molar-refractivity contribution in [2.24, 2.45) is 0 Å². The number of nitrogens with one attached hydrogen (secondary N) is 1. The molecule has 19 heteroatoms. The van der Waals surface area contributed by atoms with Gasteiger partial charge in [-0.15, -0.1) is 0 Å². The van der Waals surface area contributed by atoms with Crippen LogP contribution in [-0.2, 0) is 33.2 Å². The smallest absolute Gasteiger partial charge is 0.220 e. The highest BCUT2D eigenvalue weighted by atomic mass is 16.8. The maximum Gasteiger partial charge on any atom is 0.220 e. The molecule has 97 heavy (non-hydrogen) atoms. The van der Waals surface area contributed by atoms with Crippen molar-refractivity contribution in [3.05, 3.63) is 109 Å². The second kappa shape index (κ2) is 58.0. The summed E-state index contributed by atoms with van der Waals surface area (Å²) in [6.45, 7) is 1.60. The minimum atomic E-state index is -1.99. The quantitative estimate of drug-likeness (QED) is 0.0199. The van der Waals surface area contributed by atoms with Gasteiger partial charge in [-0.1, -0.05) is 264 Å². The van der Waals surface area contributed by atoms with Crippen LogP contribution in [0.1, 0.15) is 245 Å². The SMILES string of the molecule is CC/C=C\C/C=C\C/C=C\C/C=C\C/C=C\C/C=C\C/C=C\C/C=C\CCCCC(=O)NC(COC1OC(CO)C(OC2OC(CO)C(OC3OC(CO)C(O)C(O)C3O)C(O)C2O)C(O)C1O)C(O)/C=C/CCCCCCCCCCCCCCCCCCCCCCCCC. The number of carbonyl (C=O) groups excluding carboxylic acids is 1. The summed E-state index contributed by atoms with van der Waals surface area (Å²) < 4.78 is 34.4. The highest BCUT2D eigenvalue weighted by Crippen LogP contribution is 2.33. The van der Waals surface area contributed by atoms with E-state index >= 15 is 0 Å². The summed E-state index contributed by atoms with van der Waals surface area (Å²) in [5.41, 5.74) is 0. The zero-order valence-electron chi connectivity index (χ0n) is 59.3. The van der Waals surface area contributed by atoms with Crippen molar-refractivity contribution in [1.82, 2.24) is 5.32 Å². The zero-order chi connectivity index (χ0) is 70.4. The molecule has 0 aromatic carbocycles. The fourth-order valence-electron chi connectivity index (χ4n) is 12.0. The number of allylic oxidation sites excluding steroid dienone is 17. The van der Waals surface area contributed by atoms with Crippen LogP contribution in [0.3, 0.4) is 0 Å². The third kappa shape index (κ3) is 38.9. The van der Waals surface area contributed by atoms with Gasteiger partial charge in [0.2, 0.25) is 5.91 Å². The molecule has 0 bridgehead atoms. The molecule has 19 nitrogen and oxygen atoms in total. The van der Waals surface area contributed by atoms with E-state index < -0.39 is 124 Å². The first-order chi connectivity index (χ1) is 47.3. The van der Waals surface area contributed by atoms with Gasteiger partial charge in [0.05, 0.1) is 38.6 Å². The Labute approximate surface area is 583 Å². The largest absolute Gasteiger partial charge is 0.394 e. The molecule has 1 amide bonds. The van der Waals surface area contributed by atoms with Crippen molar-refractivity contribution >= 4 is 5.91 Å². The summed E-state index contributed by atoms with van der Waals surface area (Å²) >= 11 is 0. The standard InChI is InChI=1S/C78H133NO18/c1-3-5-7-9-11-13-15-17-19-21-23-25-27-29-30-32-34-36-38-40-42-44-46-48-50-52-54-56-66(84)79-61(62(83)55-53-51-49-47-45-43-41-39-37-35-33-31-28-26-24-22-20-18-16-14-12-10-8-6-4-2)60-92-76-72(90)69(87)74(64(58-81)94-76)97-78-73(91)70(88)75(65(59-82)95-78)96-77-71(89)68(86)67(85)63(57-80)93-77/h5,7,11,13,17,19,23,25,29-30,34,36,40,42,46,48,53,55,61-65,67-78,80-83,85-91H,3-4,6,8-10,12,14-16,18,20-22,24,26-28,31-33,35,37-39,41,43-45,47,49-52,54,56-60H2,1-2H3,(H,79,84)/b7-5-,13-11-,19-17-,25-23-,30-29-,36-34-,42-40-,48-46-,55-53+. The molecule has 0 spiro atoms. The molecule has 12 N–H and O–H groups in total. The fraction of sp³-hybridized carbons (Fsp3) is 0.756. The van der Waals surface area contributed by atoms with Crippen LogP contribution in [0.2, 0.25) is 0 Å². The van der Waals surface area contributed by atoms with Crippen molar-refractivity contribution in [3.63, 3.8) is 0 Å². The van der Waals surface area contributed by atoms with E-state index in [-0.39, 0.29) is 18.9 Å². The molecule has 3 saturated heterocycles. The van der Waals surface area contributed by atoms with Crippen LogP contribution in [0.4, 0.5) is 0 Å². The Balaban J connectivity index is 1.44. The number of amides is 1. The molecule has 0 aromatic heterocycles. The summed E-state index contributed by atoms with van der Waals surface area (Å²) in [5, 5.41) is 121. The van der Waals surface area contributed by atoms with Gasteiger partial charge in [-0.3, -0.25) is 4.79 Å². The molecule has 3 rings (SSSR count). The second-order valence-electron chi connectivity index (χ2n) is 26.4. The topological polar surface area (TPSA) is 307 Å². The Morgan fingerprint density at radius 3 is 1.11 bits per heavy atom. The van der Waals surface area contributed by atoms with Crippen molar-refractivity contribution in [2.75, 3.05) is 26.4 Å². The molecule has 0 aromatic rings. The van der Waals surface area contributed by atoms with Gasteiger partial charge in [-0.05, 0) is 83.5 Å². The fourth-order valence-corrected chi connectivity index (χ4v) is 12.0. The van der Waals surface area contributed by atoms with Crippen LogP contribution in [0.15, 0.2) is 109 Å². The lowest BCUT2D eigenvalue weighted by molar-refractivity contribution is -0.379. The monoisotopic (exact) mass is 1370 g/mol. The van der Waals surface area contributed by atoms with E-state index in [1.807, 2.05) is 6.08 Å². The number of ether oxygens (including phenoxy) is 6. The zero-order valence-corrected chi connectivity index (χ0v) is 59.3. The number of hydrogen-bond acceptors (Lipinski definition) is 18. The van der Waals surface area contributed by atoms with Crippen LogP contribution < -0.4 is 5.32 Å². The maximum atomic E-state index is 13.4. The van der Waals surface area contributed by atoms with Gasteiger partial charge in [-0.25, -0.2) is 0 Å². The third-order valence-corrected chi connectivity index (χ3v) is 18.1. The Morgan fingerprint density at radius 2 is 0.711 bits per heavy atom. The molecule has 0 saturated carbocycles. The third-order valence-electron chi connectivity index (χ3n) is 18.1. The van der Waals surface area contributed by atoms with E-state index in [0.29, 0.717) is 6.42 Å². The van der Waals surface area contributed by atoms with Gasteiger partial charge in [0.15, 0.2) is 18.9 Å². The van der Waals surface area contributed by atoms with Crippen molar-refractivity contribution in [3.8, 4) is 0 Å². The van der Waals surface area contributed by atoms with Crippen LogP contribution in [0, 0.1) is 0 Å². The van der Waals surface area contributed by atoms with Crippen LogP contribution in [-0.4, -0.2) is 193 Å². The Kier molecular flexibility index (Phi) is 52.4. The number of hydrogen-bond donors (Lipinski definition) is 12. The van der Waals surface area contributed by atoms with Crippen molar-refractivity contribution in [1.29, 1.82) is 0 Å². The molecule has 3 fully saturated rings. The molecule has 3 heterocycles. The summed E-state index contributed by atoms with van der Waals surface area (Å²) in [4.78, 5) is 13.4. The first-order valence-electron chi connectivity index (χ1n) is 37.6. The molecule has 0 aliphatic carbocycles. The molecular weight excluding hydrogens is 1240 g/mol. The normalized spacial score (nSPS) is 27.5. The number of carbonyl (C=O) groups is 1. The summed E-state index contributed by atoms with van der Waals surface area (Å²) in [6.07, 6.45) is 52.0. The van der Waals surface area contributed by atoms with Gasteiger partial charge < -0.3 is 89.9 Å². The lowest BCUT2D eigenvalue weighted by atomic mass is 9.96. The van der Waals surface area contributed by atoms with Gasteiger partial charge >= 0.3 is 0 Å². The minimum absolute atomic E-state index is 0.181. The number of rotatable bonds is 57. The lowest BCUT2D eigenvalue weighted by Gasteiger charge is -2.48. The number of aliphatic hydroxyl groups is 11. The van der Waals surface area contributed by atoms with E-state index in [4.69, 9.17) is 28.4 Å². The predicted molar refractivity (Wildman–Crippen MR) is 383 cm³/mol. The summed E-state index contributed by atoms with van der Waals surface area (Å²) in [5.74, 6) is -0.320.